The standard InChI is InChI=1S/C24H19BrClN3O2S/c1-13-9-17(25)7-8-21(13)29-23(31)20(22(30)27-24(29)32)11-16-10-14(2)28(15(16)3)19-6-4-5-18(26)12-19/h4-12H,1-3H3,(H,27,30,32)/b20-11+. The summed E-state index contributed by atoms with van der Waals surface area (Å²) in [7, 11) is 0. The van der Waals surface area contributed by atoms with Crippen LogP contribution in [0.4, 0.5) is 5.69 Å². The Balaban J connectivity index is 1.78. The van der Waals surface area contributed by atoms with Gasteiger partial charge in [0, 0.05) is 26.6 Å². The van der Waals surface area contributed by atoms with Gasteiger partial charge in [-0.25, -0.2) is 0 Å². The third-order valence-corrected chi connectivity index (χ3v) is 6.35. The van der Waals surface area contributed by atoms with Crippen LogP contribution in [0.15, 0.2) is 58.6 Å². The minimum absolute atomic E-state index is 0.0206. The molecule has 1 N–H and O–H groups in total. The molecule has 2 aromatic carbocycles. The van der Waals surface area contributed by atoms with Crippen molar-refractivity contribution in [3.05, 3.63) is 86.1 Å². The highest BCUT2D eigenvalue weighted by Gasteiger charge is 2.35. The summed E-state index contributed by atoms with van der Waals surface area (Å²) in [5, 5.41) is 3.34. The first-order valence-corrected chi connectivity index (χ1v) is 11.4. The maximum atomic E-state index is 13.4. The van der Waals surface area contributed by atoms with Crippen molar-refractivity contribution in [2.45, 2.75) is 20.8 Å². The molecule has 1 aliphatic heterocycles. The molecule has 1 aromatic heterocycles. The summed E-state index contributed by atoms with van der Waals surface area (Å²) in [4.78, 5) is 27.4. The Bertz CT molecular complexity index is 1330. The van der Waals surface area contributed by atoms with E-state index < -0.39 is 11.8 Å². The summed E-state index contributed by atoms with van der Waals surface area (Å²) >= 11 is 14.9. The molecule has 8 heteroatoms. The van der Waals surface area contributed by atoms with Crippen molar-refractivity contribution in [1.29, 1.82) is 0 Å². The van der Waals surface area contributed by atoms with Gasteiger partial charge in [-0.05, 0) is 92.7 Å². The number of halogens is 2. The Hall–Kier alpha value is -2.74. The van der Waals surface area contributed by atoms with Crippen LogP contribution in [0.3, 0.4) is 0 Å². The second-order valence-electron chi connectivity index (χ2n) is 7.53. The summed E-state index contributed by atoms with van der Waals surface area (Å²) in [6.07, 6.45) is 1.62. The molecule has 1 saturated heterocycles. The summed E-state index contributed by atoms with van der Waals surface area (Å²) < 4.78 is 2.92. The number of anilines is 1. The molecule has 0 saturated carbocycles. The molecule has 32 heavy (non-hydrogen) atoms. The van der Waals surface area contributed by atoms with Gasteiger partial charge in [0.2, 0.25) is 0 Å². The highest BCUT2D eigenvalue weighted by Crippen LogP contribution is 2.29. The van der Waals surface area contributed by atoms with E-state index in [2.05, 4.69) is 21.2 Å². The summed E-state index contributed by atoms with van der Waals surface area (Å²) in [6, 6.07) is 15.0. The normalized spacial score (nSPS) is 15.5. The second kappa shape index (κ2) is 8.65. The number of aromatic nitrogens is 1. The van der Waals surface area contributed by atoms with Crippen LogP contribution in [0.5, 0.6) is 0 Å². The van der Waals surface area contributed by atoms with Gasteiger partial charge in [0.05, 0.1) is 5.69 Å². The van der Waals surface area contributed by atoms with Crippen molar-refractivity contribution in [2.75, 3.05) is 4.90 Å². The average molecular weight is 529 g/mol. The topological polar surface area (TPSA) is 54.3 Å². The van der Waals surface area contributed by atoms with E-state index >= 15 is 0 Å². The summed E-state index contributed by atoms with van der Waals surface area (Å²) in [5.41, 5.74) is 5.01. The molecule has 2 heterocycles. The Morgan fingerprint density at radius 2 is 1.81 bits per heavy atom. The number of nitrogens with zero attached hydrogens (tertiary/aromatic N) is 2. The molecule has 4 rings (SSSR count). The molecule has 162 valence electrons. The average Bonchev–Trinajstić information content (AvgIpc) is 2.99. The smallest absolute Gasteiger partial charge is 0.270 e. The molecule has 2 amide bonds. The zero-order valence-electron chi connectivity index (χ0n) is 17.6. The SMILES string of the molecule is Cc1cc(Br)ccc1N1C(=O)/C(=C/c2cc(C)n(-c3cccc(Cl)c3)c2C)C(=O)NC1=S. The number of carbonyl (C=O) groups excluding carboxylic acids is 2. The van der Waals surface area contributed by atoms with E-state index in [4.69, 9.17) is 23.8 Å². The van der Waals surface area contributed by atoms with Gasteiger partial charge >= 0.3 is 0 Å². The minimum atomic E-state index is -0.515. The molecule has 0 atom stereocenters. The van der Waals surface area contributed by atoms with Crippen LogP contribution in [0.2, 0.25) is 5.02 Å². The van der Waals surface area contributed by atoms with E-state index in [1.807, 2.05) is 67.8 Å². The lowest BCUT2D eigenvalue weighted by molar-refractivity contribution is -0.122. The Morgan fingerprint density at radius 3 is 2.50 bits per heavy atom. The molecule has 0 unspecified atom stereocenters. The van der Waals surface area contributed by atoms with Crippen molar-refractivity contribution in [3.63, 3.8) is 0 Å². The lowest BCUT2D eigenvalue weighted by Crippen LogP contribution is -2.54. The zero-order chi connectivity index (χ0) is 23.2. The largest absolute Gasteiger partial charge is 0.318 e. The molecule has 0 radical (unpaired) electrons. The fraction of sp³-hybridized carbons (Fsp3) is 0.125. The van der Waals surface area contributed by atoms with Gasteiger partial charge in [0.15, 0.2) is 5.11 Å². The molecule has 1 fully saturated rings. The van der Waals surface area contributed by atoms with Crippen molar-refractivity contribution < 1.29 is 9.59 Å². The third kappa shape index (κ3) is 4.03. The first kappa shape index (κ1) is 22.5. The third-order valence-electron chi connectivity index (χ3n) is 5.34. The Morgan fingerprint density at radius 1 is 1.06 bits per heavy atom. The Kier molecular flexibility index (Phi) is 6.07. The van der Waals surface area contributed by atoms with Crippen molar-refractivity contribution in [1.82, 2.24) is 9.88 Å². The number of nitrogens with one attached hydrogen (secondary N) is 1. The van der Waals surface area contributed by atoms with E-state index in [1.54, 1.807) is 12.1 Å². The van der Waals surface area contributed by atoms with Gasteiger partial charge < -0.3 is 4.57 Å². The fourth-order valence-electron chi connectivity index (χ4n) is 3.85. The predicted molar refractivity (Wildman–Crippen MR) is 135 cm³/mol. The maximum absolute atomic E-state index is 13.4. The monoisotopic (exact) mass is 527 g/mol. The van der Waals surface area contributed by atoms with Crippen LogP contribution in [0.1, 0.15) is 22.5 Å². The zero-order valence-corrected chi connectivity index (χ0v) is 20.7. The first-order chi connectivity index (χ1) is 15.2. The molecule has 5 nitrogen and oxygen atoms in total. The minimum Gasteiger partial charge on any atom is -0.318 e. The quantitative estimate of drug-likeness (QED) is 0.272. The lowest BCUT2D eigenvalue weighted by atomic mass is 10.1. The van der Waals surface area contributed by atoms with E-state index in [0.29, 0.717) is 10.7 Å². The van der Waals surface area contributed by atoms with Crippen molar-refractivity contribution in [2.24, 2.45) is 0 Å². The lowest BCUT2D eigenvalue weighted by Gasteiger charge is -2.30. The molecular formula is C24H19BrClN3O2S. The molecule has 1 aliphatic rings. The van der Waals surface area contributed by atoms with Gasteiger partial charge in [-0.15, -0.1) is 0 Å². The molecule has 0 bridgehead atoms. The molecule has 3 aromatic rings. The number of hydrogen-bond acceptors (Lipinski definition) is 3. The first-order valence-electron chi connectivity index (χ1n) is 9.80. The highest BCUT2D eigenvalue weighted by atomic mass is 79.9. The van der Waals surface area contributed by atoms with Crippen LogP contribution in [0.25, 0.3) is 11.8 Å². The van der Waals surface area contributed by atoms with Crippen LogP contribution in [-0.2, 0) is 9.59 Å². The molecule has 0 aliphatic carbocycles. The van der Waals surface area contributed by atoms with E-state index in [9.17, 15) is 9.59 Å². The number of rotatable bonds is 3. The van der Waals surface area contributed by atoms with Crippen LogP contribution in [0, 0.1) is 20.8 Å². The number of hydrogen-bond donors (Lipinski definition) is 1. The van der Waals surface area contributed by atoms with Gasteiger partial charge in [0.1, 0.15) is 5.57 Å². The molecule has 0 spiro atoms. The summed E-state index contributed by atoms with van der Waals surface area (Å²) in [6.45, 7) is 5.78. The fourth-order valence-corrected chi connectivity index (χ4v) is 4.78. The van der Waals surface area contributed by atoms with E-state index in [1.165, 1.54) is 4.90 Å². The molecular weight excluding hydrogens is 510 g/mol. The van der Waals surface area contributed by atoms with Gasteiger partial charge in [-0.2, -0.15) is 0 Å². The van der Waals surface area contributed by atoms with E-state index in [-0.39, 0.29) is 10.7 Å². The number of thiocarbonyl (C=S) groups is 1. The van der Waals surface area contributed by atoms with Gasteiger partial charge in [-0.1, -0.05) is 33.6 Å². The van der Waals surface area contributed by atoms with Crippen LogP contribution < -0.4 is 10.2 Å². The van der Waals surface area contributed by atoms with Crippen LogP contribution in [-0.4, -0.2) is 21.5 Å². The van der Waals surface area contributed by atoms with Gasteiger partial charge in [-0.3, -0.25) is 19.8 Å². The predicted octanol–water partition coefficient (Wildman–Crippen LogP) is 5.65. The number of benzene rings is 2. The van der Waals surface area contributed by atoms with Crippen molar-refractivity contribution in [3.8, 4) is 5.69 Å². The Labute approximate surface area is 204 Å². The highest BCUT2D eigenvalue weighted by molar-refractivity contribution is 9.10. The number of amides is 2. The number of carbonyl (C=O) groups is 2. The van der Waals surface area contributed by atoms with E-state index in [0.717, 1.165) is 32.7 Å². The summed E-state index contributed by atoms with van der Waals surface area (Å²) in [5.74, 6) is -0.977. The van der Waals surface area contributed by atoms with Crippen LogP contribution >= 0.6 is 39.7 Å². The van der Waals surface area contributed by atoms with Crippen molar-refractivity contribution >= 4 is 68.4 Å². The van der Waals surface area contributed by atoms with Gasteiger partial charge in [0.25, 0.3) is 11.8 Å². The maximum Gasteiger partial charge on any atom is 0.270 e. The number of aryl methyl sites for hydroxylation is 2. The second-order valence-corrected chi connectivity index (χ2v) is 9.27.